The van der Waals surface area contributed by atoms with Crippen LogP contribution in [0.5, 0.6) is 5.75 Å². The van der Waals surface area contributed by atoms with Crippen LogP contribution in [-0.2, 0) is 9.59 Å². The van der Waals surface area contributed by atoms with Gasteiger partial charge >= 0.3 is 5.97 Å². The van der Waals surface area contributed by atoms with E-state index in [0.29, 0.717) is 5.75 Å². The normalized spacial score (nSPS) is 11.9. The lowest BCUT2D eigenvalue weighted by Crippen LogP contribution is -2.17. The predicted molar refractivity (Wildman–Crippen MR) is 75.8 cm³/mol. The van der Waals surface area contributed by atoms with E-state index in [1.54, 1.807) is 6.07 Å². The first-order chi connectivity index (χ1) is 9.45. The lowest BCUT2D eigenvalue weighted by molar-refractivity contribution is -0.139. The number of carbonyl (C=O) groups is 2. The molecule has 110 valence electrons. The summed E-state index contributed by atoms with van der Waals surface area (Å²) in [6.07, 6.45) is 1.95. The van der Waals surface area contributed by atoms with Crippen LogP contribution in [0, 0.1) is 6.92 Å². The highest BCUT2D eigenvalue weighted by molar-refractivity contribution is 5.75. The third-order valence-corrected chi connectivity index (χ3v) is 3.13. The summed E-state index contributed by atoms with van der Waals surface area (Å²) in [5, 5.41) is 8.72. The molecule has 3 N–H and O–H groups in total. The number of primary amides is 1. The molecule has 1 amide bonds. The first kappa shape index (κ1) is 16.0. The Bertz CT molecular complexity index is 485. The molecule has 0 aliphatic rings. The zero-order valence-corrected chi connectivity index (χ0v) is 11.9. The number of benzene rings is 1. The maximum absolute atomic E-state index is 11.2. The predicted octanol–water partition coefficient (Wildman–Crippen LogP) is 2.22. The van der Waals surface area contributed by atoms with E-state index in [0.717, 1.165) is 24.0 Å². The number of aliphatic carboxylic acids is 1. The molecule has 0 saturated carbocycles. The van der Waals surface area contributed by atoms with Crippen molar-refractivity contribution in [2.24, 2.45) is 5.73 Å². The molecule has 1 unspecified atom stereocenters. The van der Waals surface area contributed by atoms with Gasteiger partial charge in [0.2, 0.25) is 5.91 Å². The smallest absolute Gasteiger partial charge is 0.341 e. The van der Waals surface area contributed by atoms with Gasteiger partial charge in [-0.25, -0.2) is 4.79 Å². The molecule has 1 aromatic rings. The summed E-state index contributed by atoms with van der Waals surface area (Å²) in [7, 11) is 0. The van der Waals surface area contributed by atoms with Crippen LogP contribution in [0.15, 0.2) is 18.2 Å². The second-order valence-electron chi connectivity index (χ2n) is 4.83. The summed E-state index contributed by atoms with van der Waals surface area (Å²) in [6, 6.07) is 5.46. The summed E-state index contributed by atoms with van der Waals surface area (Å²) in [6.45, 7) is 3.56. The summed E-state index contributed by atoms with van der Waals surface area (Å²) in [5.41, 5.74) is 7.17. The van der Waals surface area contributed by atoms with Crippen LogP contribution in [-0.4, -0.2) is 23.6 Å². The molecule has 0 fully saturated rings. The SMILES string of the molecule is CCCC(CC(N)=O)c1c(C)cccc1OCC(=O)O. The molecule has 0 radical (unpaired) electrons. The minimum Gasteiger partial charge on any atom is -0.482 e. The average Bonchev–Trinajstić information content (AvgIpc) is 2.35. The van der Waals surface area contributed by atoms with E-state index in [9.17, 15) is 9.59 Å². The molecular formula is C15H21NO4. The number of nitrogens with two attached hydrogens (primary N) is 1. The van der Waals surface area contributed by atoms with Crippen LogP contribution in [0.2, 0.25) is 0 Å². The highest BCUT2D eigenvalue weighted by atomic mass is 16.5. The van der Waals surface area contributed by atoms with Crippen molar-refractivity contribution in [1.82, 2.24) is 0 Å². The summed E-state index contributed by atoms with van der Waals surface area (Å²) in [5.74, 6) is -0.912. The van der Waals surface area contributed by atoms with Gasteiger partial charge < -0.3 is 15.6 Å². The van der Waals surface area contributed by atoms with Crippen LogP contribution < -0.4 is 10.5 Å². The van der Waals surface area contributed by atoms with Gasteiger partial charge in [-0.1, -0.05) is 25.5 Å². The van der Waals surface area contributed by atoms with Crippen molar-refractivity contribution in [2.45, 2.75) is 39.0 Å². The van der Waals surface area contributed by atoms with Crippen molar-refractivity contribution in [3.8, 4) is 5.75 Å². The lowest BCUT2D eigenvalue weighted by Gasteiger charge is -2.21. The number of carbonyl (C=O) groups excluding carboxylic acids is 1. The Morgan fingerprint density at radius 3 is 2.65 bits per heavy atom. The molecular weight excluding hydrogens is 258 g/mol. The van der Waals surface area contributed by atoms with Crippen molar-refractivity contribution in [3.05, 3.63) is 29.3 Å². The van der Waals surface area contributed by atoms with E-state index in [-0.39, 0.29) is 18.2 Å². The quantitative estimate of drug-likeness (QED) is 0.763. The van der Waals surface area contributed by atoms with Gasteiger partial charge in [0.05, 0.1) is 0 Å². The van der Waals surface area contributed by atoms with Crippen LogP contribution in [0.4, 0.5) is 0 Å². The maximum Gasteiger partial charge on any atom is 0.341 e. The highest BCUT2D eigenvalue weighted by Crippen LogP contribution is 2.35. The first-order valence-electron chi connectivity index (χ1n) is 6.68. The number of hydrogen-bond acceptors (Lipinski definition) is 3. The Kier molecular flexibility index (Phi) is 6.03. The molecule has 1 rings (SSSR count). The molecule has 0 heterocycles. The van der Waals surface area contributed by atoms with Crippen molar-refractivity contribution in [3.63, 3.8) is 0 Å². The summed E-state index contributed by atoms with van der Waals surface area (Å²) >= 11 is 0. The van der Waals surface area contributed by atoms with Gasteiger partial charge in [0.25, 0.3) is 0 Å². The molecule has 5 nitrogen and oxygen atoms in total. The molecule has 1 aromatic carbocycles. The third-order valence-electron chi connectivity index (χ3n) is 3.13. The summed E-state index contributed by atoms with van der Waals surface area (Å²) < 4.78 is 5.34. The standard InChI is InChI=1S/C15H21NO4/c1-3-5-11(8-13(16)17)15-10(2)6-4-7-12(15)20-9-14(18)19/h4,6-7,11H,3,5,8-9H2,1-2H3,(H2,16,17)(H,18,19). The number of rotatable bonds is 8. The molecule has 0 aliphatic heterocycles. The average molecular weight is 279 g/mol. The van der Waals surface area contributed by atoms with Gasteiger partial charge in [-0.15, -0.1) is 0 Å². The number of hydrogen-bond donors (Lipinski definition) is 2. The van der Waals surface area contributed by atoms with Gasteiger partial charge in [-0.05, 0) is 30.9 Å². The number of amides is 1. The summed E-state index contributed by atoms with van der Waals surface area (Å²) in [4.78, 5) is 21.9. The molecule has 20 heavy (non-hydrogen) atoms. The molecule has 1 atom stereocenters. The first-order valence-corrected chi connectivity index (χ1v) is 6.68. The Morgan fingerprint density at radius 2 is 2.10 bits per heavy atom. The van der Waals surface area contributed by atoms with Crippen molar-refractivity contribution < 1.29 is 19.4 Å². The largest absolute Gasteiger partial charge is 0.482 e. The Morgan fingerprint density at radius 1 is 1.40 bits per heavy atom. The van der Waals surface area contributed by atoms with Crippen molar-refractivity contribution in [1.29, 1.82) is 0 Å². The van der Waals surface area contributed by atoms with Crippen LogP contribution in [0.1, 0.15) is 43.2 Å². The zero-order valence-electron chi connectivity index (χ0n) is 11.9. The van der Waals surface area contributed by atoms with Crippen LogP contribution >= 0.6 is 0 Å². The van der Waals surface area contributed by atoms with Crippen LogP contribution in [0.25, 0.3) is 0 Å². The van der Waals surface area contributed by atoms with E-state index in [4.69, 9.17) is 15.6 Å². The van der Waals surface area contributed by atoms with E-state index >= 15 is 0 Å². The van der Waals surface area contributed by atoms with E-state index < -0.39 is 12.6 Å². The molecule has 0 spiro atoms. The third kappa shape index (κ3) is 4.57. The van der Waals surface area contributed by atoms with Crippen molar-refractivity contribution >= 4 is 11.9 Å². The van der Waals surface area contributed by atoms with E-state index in [2.05, 4.69) is 0 Å². The lowest BCUT2D eigenvalue weighted by atomic mass is 9.87. The molecule has 0 bridgehead atoms. The monoisotopic (exact) mass is 279 g/mol. The number of aryl methyl sites for hydroxylation is 1. The van der Waals surface area contributed by atoms with Crippen LogP contribution in [0.3, 0.4) is 0 Å². The van der Waals surface area contributed by atoms with Crippen molar-refractivity contribution in [2.75, 3.05) is 6.61 Å². The maximum atomic E-state index is 11.2. The second-order valence-corrected chi connectivity index (χ2v) is 4.83. The zero-order chi connectivity index (χ0) is 15.1. The molecule has 0 aliphatic carbocycles. The second kappa shape index (κ2) is 7.53. The Balaban J connectivity index is 3.09. The molecule has 0 aromatic heterocycles. The highest BCUT2D eigenvalue weighted by Gasteiger charge is 2.20. The van der Waals surface area contributed by atoms with E-state index in [1.165, 1.54) is 0 Å². The topological polar surface area (TPSA) is 89.6 Å². The molecule has 0 saturated heterocycles. The fourth-order valence-corrected chi connectivity index (χ4v) is 2.38. The van der Waals surface area contributed by atoms with Gasteiger partial charge in [-0.2, -0.15) is 0 Å². The van der Waals surface area contributed by atoms with Gasteiger partial charge in [0.15, 0.2) is 6.61 Å². The number of ether oxygens (including phenoxy) is 1. The fourth-order valence-electron chi connectivity index (χ4n) is 2.38. The molecule has 5 heteroatoms. The van der Waals surface area contributed by atoms with Gasteiger partial charge in [0, 0.05) is 12.0 Å². The minimum atomic E-state index is -1.03. The van der Waals surface area contributed by atoms with E-state index in [1.807, 2.05) is 26.0 Å². The Hall–Kier alpha value is -2.04. The number of carboxylic acids is 1. The number of carboxylic acid groups (broad SMARTS) is 1. The fraction of sp³-hybridized carbons (Fsp3) is 0.467. The Labute approximate surface area is 118 Å². The van der Waals surface area contributed by atoms with Gasteiger partial charge in [-0.3, -0.25) is 4.79 Å². The minimum absolute atomic E-state index is 0.0394. The van der Waals surface area contributed by atoms with Gasteiger partial charge in [0.1, 0.15) is 5.75 Å².